The average Bonchev–Trinajstić information content (AvgIpc) is 2.43. The first-order valence-corrected chi connectivity index (χ1v) is 8.89. The Hall–Kier alpha value is -0.830. The van der Waals surface area contributed by atoms with E-state index < -0.39 is 10.0 Å². The maximum absolute atomic E-state index is 11.9. The van der Waals surface area contributed by atoms with Crippen molar-refractivity contribution in [3.05, 3.63) is 18.3 Å². The third-order valence-corrected chi connectivity index (χ3v) is 4.66. The fraction of sp³-hybridized carbons (Fsp3) is 0.545. The molecule has 1 aromatic rings. The van der Waals surface area contributed by atoms with Gasteiger partial charge in [-0.3, -0.25) is 0 Å². The van der Waals surface area contributed by atoms with Crippen molar-refractivity contribution in [3.8, 4) is 0 Å². The highest BCUT2D eigenvalue weighted by Crippen LogP contribution is 2.10. The Labute approximate surface area is 118 Å². The molecule has 0 aliphatic heterocycles. The molecule has 1 aromatic heterocycles. The number of rotatable bonds is 9. The first-order chi connectivity index (χ1) is 9.10. The molecule has 1 heterocycles. The van der Waals surface area contributed by atoms with Crippen LogP contribution in [0.2, 0.25) is 0 Å². The first-order valence-electron chi connectivity index (χ1n) is 6.01. The van der Waals surface area contributed by atoms with Crippen molar-refractivity contribution in [3.63, 3.8) is 0 Å². The van der Waals surface area contributed by atoms with E-state index in [0.717, 1.165) is 25.0 Å². The summed E-state index contributed by atoms with van der Waals surface area (Å²) < 4.78 is 26.4. The number of nitrogens with two attached hydrogens (primary N) is 1. The smallest absolute Gasteiger partial charge is 0.242 e. The molecule has 108 valence electrons. The van der Waals surface area contributed by atoms with Gasteiger partial charge in [-0.15, -0.1) is 0 Å². The van der Waals surface area contributed by atoms with Crippen LogP contribution in [0.5, 0.6) is 0 Å². The van der Waals surface area contributed by atoms with Crippen LogP contribution in [0.1, 0.15) is 19.3 Å². The minimum atomic E-state index is -3.46. The van der Waals surface area contributed by atoms with Crippen molar-refractivity contribution in [2.45, 2.75) is 24.2 Å². The Morgan fingerprint density at radius 3 is 2.68 bits per heavy atom. The molecule has 0 aromatic carbocycles. The normalized spacial score (nSPS) is 11.5. The Kier molecular flexibility index (Phi) is 7.14. The first kappa shape index (κ1) is 16.2. The van der Waals surface area contributed by atoms with Crippen molar-refractivity contribution >= 4 is 27.6 Å². The zero-order chi connectivity index (χ0) is 14.1. The fourth-order valence-corrected chi connectivity index (χ4v) is 2.97. The minimum Gasteiger partial charge on any atom is -0.308 e. The van der Waals surface area contributed by atoms with Gasteiger partial charge in [-0.2, -0.15) is 11.8 Å². The van der Waals surface area contributed by atoms with Crippen LogP contribution in [0.15, 0.2) is 23.2 Å². The van der Waals surface area contributed by atoms with E-state index in [-0.39, 0.29) is 4.90 Å². The van der Waals surface area contributed by atoms with Crippen LogP contribution >= 0.6 is 11.8 Å². The molecule has 0 unspecified atom stereocenters. The molecule has 0 radical (unpaired) electrons. The van der Waals surface area contributed by atoms with Gasteiger partial charge in [0.2, 0.25) is 10.0 Å². The lowest BCUT2D eigenvalue weighted by Crippen LogP contribution is -2.25. The molecule has 0 spiro atoms. The van der Waals surface area contributed by atoms with Gasteiger partial charge < -0.3 is 5.43 Å². The van der Waals surface area contributed by atoms with E-state index in [1.165, 1.54) is 18.3 Å². The summed E-state index contributed by atoms with van der Waals surface area (Å²) in [6.45, 7) is 0.452. The highest BCUT2D eigenvalue weighted by molar-refractivity contribution is 7.98. The van der Waals surface area contributed by atoms with Crippen molar-refractivity contribution in [2.24, 2.45) is 5.84 Å². The van der Waals surface area contributed by atoms with Gasteiger partial charge in [-0.25, -0.2) is 24.0 Å². The zero-order valence-electron chi connectivity index (χ0n) is 10.9. The van der Waals surface area contributed by atoms with Gasteiger partial charge in [0.05, 0.1) is 0 Å². The van der Waals surface area contributed by atoms with E-state index in [1.54, 1.807) is 11.8 Å². The summed E-state index contributed by atoms with van der Waals surface area (Å²) in [5.41, 5.74) is 2.35. The molecule has 4 N–H and O–H groups in total. The van der Waals surface area contributed by atoms with Crippen molar-refractivity contribution in [1.82, 2.24) is 9.71 Å². The fourth-order valence-electron chi connectivity index (χ4n) is 1.46. The second-order valence-electron chi connectivity index (χ2n) is 3.97. The quantitative estimate of drug-likeness (QED) is 0.360. The van der Waals surface area contributed by atoms with Crippen LogP contribution in [0.3, 0.4) is 0 Å². The third-order valence-electron chi connectivity index (χ3n) is 2.51. The van der Waals surface area contributed by atoms with Crippen LogP contribution < -0.4 is 16.0 Å². The summed E-state index contributed by atoms with van der Waals surface area (Å²) in [6, 6.07) is 2.99. The number of nitrogen functional groups attached to an aromatic ring is 1. The van der Waals surface area contributed by atoms with Gasteiger partial charge >= 0.3 is 0 Å². The van der Waals surface area contributed by atoms with E-state index >= 15 is 0 Å². The molecule has 6 nitrogen and oxygen atoms in total. The maximum Gasteiger partial charge on any atom is 0.242 e. The molecule has 0 aliphatic carbocycles. The Balaban J connectivity index is 2.42. The van der Waals surface area contributed by atoms with E-state index in [9.17, 15) is 8.42 Å². The second kappa shape index (κ2) is 8.36. The van der Waals surface area contributed by atoms with Gasteiger partial charge in [-0.05, 0) is 37.0 Å². The number of hydrogen-bond acceptors (Lipinski definition) is 6. The van der Waals surface area contributed by atoms with Crippen LogP contribution in [0, 0.1) is 0 Å². The molecule has 0 saturated carbocycles. The predicted molar refractivity (Wildman–Crippen MR) is 79.5 cm³/mol. The highest BCUT2D eigenvalue weighted by Gasteiger charge is 2.13. The second-order valence-corrected chi connectivity index (χ2v) is 6.73. The number of hydrogen-bond donors (Lipinski definition) is 3. The zero-order valence-corrected chi connectivity index (χ0v) is 12.6. The molecule has 0 bridgehead atoms. The van der Waals surface area contributed by atoms with E-state index in [1.807, 2.05) is 0 Å². The van der Waals surface area contributed by atoms with Crippen LogP contribution in [-0.2, 0) is 10.0 Å². The molecule has 0 aliphatic rings. The average molecular weight is 304 g/mol. The van der Waals surface area contributed by atoms with E-state index in [2.05, 4.69) is 21.4 Å². The Bertz CT molecular complexity index is 462. The monoisotopic (exact) mass is 304 g/mol. The van der Waals surface area contributed by atoms with Gasteiger partial charge in [0, 0.05) is 12.7 Å². The lowest BCUT2D eigenvalue weighted by Gasteiger charge is -2.07. The summed E-state index contributed by atoms with van der Waals surface area (Å²) in [6.07, 6.45) is 6.33. The molecule has 1 rings (SSSR count). The Morgan fingerprint density at radius 2 is 2.11 bits per heavy atom. The number of nitrogens with one attached hydrogen (secondary N) is 2. The topological polar surface area (TPSA) is 97.1 Å². The molecule has 0 atom stereocenters. The number of hydrazine groups is 1. The standard InChI is InChI=1S/C11H20N4O2S2/c1-18-8-4-2-3-7-14-19(16,17)10-5-6-11(15-12)13-9-10/h5-6,9,14H,2-4,7-8,12H2,1H3,(H,13,15). The summed E-state index contributed by atoms with van der Waals surface area (Å²) in [5.74, 6) is 6.71. The third kappa shape index (κ3) is 5.77. The number of thioether (sulfide) groups is 1. The number of pyridine rings is 1. The van der Waals surface area contributed by atoms with Gasteiger partial charge in [-0.1, -0.05) is 6.42 Å². The van der Waals surface area contributed by atoms with E-state index in [4.69, 9.17) is 5.84 Å². The SMILES string of the molecule is CSCCCCCNS(=O)(=O)c1ccc(NN)nc1. The van der Waals surface area contributed by atoms with Gasteiger partial charge in [0.15, 0.2) is 0 Å². The number of aromatic nitrogens is 1. The molecule has 0 amide bonds. The number of unbranched alkanes of at least 4 members (excludes halogenated alkanes) is 2. The molecule has 8 heteroatoms. The van der Waals surface area contributed by atoms with Crippen LogP contribution in [0.25, 0.3) is 0 Å². The molecular formula is C11H20N4O2S2. The van der Waals surface area contributed by atoms with Crippen LogP contribution in [0.4, 0.5) is 5.82 Å². The van der Waals surface area contributed by atoms with E-state index in [0.29, 0.717) is 12.4 Å². The maximum atomic E-state index is 11.9. The molecular weight excluding hydrogens is 284 g/mol. The van der Waals surface area contributed by atoms with Crippen LogP contribution in [-0.4, -0.2) is 32.0 Å². The summed E-state index contributed by atoms with van der Waals surface area (Å²) in [7, 11) is -3.46. The van der Waals surface area contributed by atoms with Crippen molar-refractivity contribution in [2.75, 3.05) is 24.0 Å². The lowest BCUT2D eigenvalue weighted by atomic mass is 10.2. The van der Waals surface area contributed by atoms with Crippen molar-refractivity contribution < 1.29 is 8.42 Å². The number of anilines is 1. The van der Waals surface area contributed by atoms with Gasteiger partial charge in [0.25, 0.3) is 0 Å². The van der Waals surface area contributed by atoms with Crippen molar-refractivity contribution in [1.29, 1.82) is 0 Å². The summed E-state index contributed by atoms with van der Waals surface area (Å²) >= 11 is 1.80. The predicted octanol–water partition coefficient (Wildman–Crippen LogP) is 1.18. The largest absolute Gasteiger partial charge is 0.308 e. The Morgan fingerprint density at radius 1 is 1.32 bits per heavy atom. The summed E-state index contributed by atoms with van der Waals surface area (Å²) in [4.78, 5) is 4.02. The number of nitrogens with zero attached hydrogens (tertiary/aromatic N) is 1. The molecule has 19 heavy (non-hydrogen) atoms. The lowest BCUT2D eigenvalue weighted by molar-refractivity contribution is 0.576. The molecule has 0 saturated heterocycles. The number of sulfonamides is 1. The highest BCUT2D eigenvalue weighted by atomic mass is 32.2. The minimum absolute atomic E-state index is 0.149. The molecule has 0 fully saturated rings. The van der Waals surface area contributed by atoms with Gasteiger partial charge in [0.1, 0.15) is 10.7 Å². The summed E-state index contributed by atoms with van der Waals surface area (Å²) in [5, 5.41) is 0.